The maximum absolute atomic E-state index is 13.0. The quantitative estimate of drug-likeness (QED) is 0.663. The predicted octanol–water partition coefficient (Wildman–Crippen LogP) is 3.52. The van der Waals surface area contributed by atoms with Crippen LogP contribution in [-0.4, -0.2) is 75.8 Å². The maximum atomic E-state index is 13.0. The van der Waals surface area contributed by atoms with Crippen molar-refractivity contribution in [2.24, 2.45) is 5.92 Å². The van der Waals surface area contributed by atoms with Crippen molar-refractivity contribution in [2.45, 2.75) is 19.4 Å². The third kappa shape index (κ3) is 5.81. The Labute approximate surface area is 191 Å². The number of morpholine rings is 1. The first-order valence-corrected chi connectivity index (χ1v) is 11.7. The van der Waals surface area contributed by atoms with E-state index in [1.807, 2.05) is 29.2 Å². The molecule has 1 unspecified atom stereocenters. The fourth-order valence-electron chi connectivity index (χ4n) is 4.50. The largest absolute Gasteiger partial charge is 0.492 e. The molecule has 2 aromatic rings. The van der Waals surface area contributed by atoms with Gasteiger partial charge < -0.3 is 19.3 Å². The van der Waals surface area contributed by atoms with E-state index >= 15 is 0 Å². The first kappa shape index (κ1) is 22.6. The first-order valence-electron chi connectivity index (χ1n) is 11.7. The van der Waals surface area contributed by atoms with Gasteiger partial charge in [-0.25, -0.2) is 0 Å². The molecule has 0 spiro atoms. The van der Waals surface area contributed by atoms with E-state index in [2.05, 4.69) is 48.2 Å². The van der Waals surface area contributed by atoms with E-state index in [9.17, 15) is 4.79 Å². The van der Waals surface area contributed by atoms with Crippen LogP contribution in [0.2, 0.25) is 0 Å². The van der Waals surface area contributed by atoms with Gasteiger partial charge >= 0.3 is 0 Å². The molecule has 32 heavy (non-hydrogen) atoms. The smallest absolute Gasteiger partial charge is 0.257 e. The van der Waals surface area contributed by atoms with E-state index in [-0.39, 0.29) is 5.91 Å². The van der Waals surface area contributed by atoms with Crippen molar-refractivity contribution in [3.05, 3.63) is 59.7 Å². The summed E-state index contributed by atoms with van der Waals surface area (Å²) >= 11 is 0. The molecule has 0 aromatic heterocycles. The number of piperidine rings is 1. The van der Waals surface area contributed by atoms with Gasteiger partial charge in [-0.2, -0.15) is 0 Å². The van der Waals surface area contributed by atoms with E-state index in [1.54, 1.807) is 0 Å². The monoisotopic (exact) mass is 437 g/mol. The summed E-state index contributed by atoms with van der Waals surface area (Å²) in [5.41, 5.74) is 3.23. The molecule has 6 nitrogen and oxygen atoms in total. The lowest BCUT2D eigenvalue weighted by molar-refractivity contribution is 0.0299. The number of anilines is 1. The molecule has 2 saturated heterocycles. The Morgan fingerprint density at radius 2 is 1.81 bits per heavy atom. The van der Waals surface area contributed by atoms with Crippen molar-refractivity contribution in [1.82, 2.24) is 9.80 Å². The summed E-state index contributed by atoms with van der Waals surface area (Å²) in [7, 11) is 4.13. The zero-order valence-corrected chi connectivity index (χ0v) is 19.3. The van der Waals surface area contributed by atoms with Gasteiger partial charge in [0, 0.05) is 51.9 Å². The fraction of sp³-hybridized carbons (Fsp3) is 0.500. The summed E-state index contributed by atoms with van der Waals surface area (Å²) < 4.78 is 11.6. The van der Waals surface area contributed by atoms with E-state index in [1.165, 1.54) is 17.7 Å². The SMILES string of the molecule is CN(C)c1ccc(CN2CCCC(COc3ccccc3C(=O)N3CCOCC3)C2)cc1. The van der Waals surface area contributed by atoms with Crippen molar-refractivity contribution in [3.63, 3.8) is 0 Å². The number of nitrogens with zero attached hydrogens (tertiary/aromatic N) is 3. The van der Waals surface area contributed by atoms with E-state index in [0.29, 0.717) is 50.1 Å². The summed E-state index contributed by atoms with van der Waals surface area (Å²) in [6, 6.07) is 16.5. The summed E-state index contributed by atoms with van der Waals surface area (Å²) in [6.45, 7) is 6.24. The Kier molecular flexibility index (Phi) is 7.66. The first-order chi connectivity index (χ1) is 15.6. The minimum absolute atomic E-state index is 0.0374. The van der Waals surface area contributed by atoms with Gasteiger partial charge in [0.2, 0.25) is 0 Å². The van der Waals surface area contributed by atoms with E-state index in [4.69, 9.17) is 9.47 Å². The molecule has 0 aliphatic carbocycles. The molecule has 0 N–H and O–H groups in total. The zero-order chi connectivity index (χ0) is 22.3. The highest BCUT2D eigenvalue weighted by molar-refractivity contribution is 5.97. The van der Waals surface area contributed by atoms with Gasteiger partial charge in [0.15, 0.2) is 0 Å². The Balaban J connectivity index is 1.32. The average Bonchev–Trinajstić information content (AvgIpc) is 2.83. The van der Waals surface area contributed by atoms with Gasteiger partial charge in [-0.1, -0.05) is 24.3 Å². The molecule has 2 aliphatic heterocycles. The summed E-state index contributed by atoms with van der Waals surface area (Å²) in [4.78, 5) is 19.5. The molecule has 1 atom stereocenters. The summed E-state index contributed by atoms with van der Waals surface area (Å²) in [5, 5.41) is 0. The lowest BCUT2D eigenvalue weighted by Crippen LogP contribution is -2.41. The number of amides is 1. The Bertz CT molecular complexity index is 878. The molecule has 2 aliphatic rings. The number of benzene rings is 2. The standard InChI is InChI=1S/C26H35N3O3/c1-27(2)23-11-9-21(10-12-23)18-28-13-5-6-22(19-28)20-32-25-8-4-3-7-24(25)26(30)29-14-16-31-17-15-29/h3-4,7-12,22H,5-6,13-20H2,1-2H3. The highest BCUT2D eigenvalue weighted by Crippen LogP contribution is 2.24. The van der Waals surface area contributed by atoms with Gasteiger partial charge in [-0.15, -0.1) is 0 Å². The molecule has 172 valence electrons. The van der Waals surface area contributed by atoms with Gasteiger partial charge in [0.1, 0.15) is 5.75 Å². The van der Waals surface area contributed by atoms with Crippen molar-refractivity contribution in [3.8, 4) is 5.75 Å². The Hall–Kier alpha value is -2.57. The van der Waals surface area contributed by atoms with Crippen LogP contribution in [0.1, 0.15) is 28.8 Å². The number of para-hydroxylation sites is 1. The van der Waals surface area contributed by atoms with Crippen LogP contribution < -0.4 is 9.64 Å². The Morgan fingerprint density at radius 3 is 2.56 bits per heavy atom. The third-order valence-electron chi connectivity index (χ3n) is 6.35. The van der Waals surface area contributed by atoms with Crippen LogP contribution in [0.4, 0.5) is 5.69 Å². The number of carbonyl (C=O) groups is 1. The number of likely N-dealkylation sites (tertiary alicyclic amines) is 1. The fourth-order valence-corrected chi connectivity index (χ4v) is 4.50. The van der Waals surface area contributed by atoms with Crippen molar-refractivity contribution in [2.75, 3.05) is 65.0 Å². The van der Waals surface area contributed by atoms with Crippen molar-refractivity contribution < 1.29 is 14.3 Å². The topological polar surface area (TPSA) is 45.2 Å². The number of rotatable bonds is 7. The molecular weight excluding hydrogens is 402 g/mol. The highest BCUT2D eigenvalue weighted by Gasteiger charge is 2.24. The number of carbonyl (C=O) groups excluding carboxylic acids is 1. The normalized spacial score (nSPS) is 19.6. The Morgan fingerprint density at radius 1 is 1.06 bits per heavy atom. The van der Waals surface area contributed by atoms with E-state index in [0.717, 1.165) is 26.1 Å². The van der Waals surface area contributed by atoms with Crippen LogP contribution in [0.3, 0.4) is 0 Å². The van der Waals surface area contributed by atoms with Gasteiger partial charge in [-0.05, 0) is 49.2 Å². The van der Waals surface area contributed by atoms with Gasteiger partial charge in [0.25, 0.3) is 5.91 Å². The minimum atomic E-state index is 0.0374. The molecule has 6 heteroatoms. The molecule has 0 bridgehead atoms. The number of hydrogen-bond donors (Lipinski definition) is 0. The second-order valence-corrected chi connectivity index (χ2v) is 9.02. The van der Waals surface area contributed by atoms with E-state index < -0.39 is 0 Å². The summed E-state index contributed by atoms with van der Waals surface area (Å²) in [5.74, 6) is 1.20. The highest BCUT2D eigenvalue weighted by atomic mass is 16.5. The zero-order valence-electron chi connectivity index (χ0n) is 19.3. The molecule has 1 amide bonds. The van der Waals surface area contributed by atoms with Crippen molar-refractivity contribution in [1.29, 1.82) is 0 Å². The van der Waals surface area contributed by atoms with Crippen LogP contribution in [0.25, 0.3) is 0 Å². The number of hydrogen-bond acceptors (Lipinski definition) is 5. The van der Waals surface area contributed by atoms with Crippen molar-refractivity contribution >= 4 is 11.6 Å². The summed E-state index contributed by atoms with van der Waals surface area (Å²) in [6.07, 6.45) is 2.34. The van der Waals surface area contributed by atoms with Crippen LogP contribution in [0, 0.1) is 5.92 Å². The molecule has 2 fully saturated rings. The predicted molar refractivity (Wildman–Crippen MR) is 127 cm³/mol. The molecule has 0 radical (unpaired) electrons. The number of ether oxygens (including phenoxy) is 2. The third-order valence-corrected chi connectivity index (χ3v) is 6.35. The molecular formula is C26H35N3O3. The second kappa shape index (κ2) is 10.8. The maximum Gasteiger partial charge on any atom is 0.257 e. The van der Waals surface area contributed by atoms with Crippen LogP contribution >= 0.6 is 0 Å². The molecule has 2 aromatic carbocycles. The second-order valence-electron chi connectivity index (χ2n) is 9.02. The van der Waals surface area contributed by atoms with Gasteiger partial charge in [-0.3, -0.25) is 9.69 Å². The molecule has 2 heterocycles. The van der Waals surface area contributed by atoms with Crippen LogP contribution in [0.5, 0.6) is 5.75 Å². The lowest BCUT2D eigenvalue weighted by atomic mass is 9.98. The van der Waals surface area contributed by atoms with Gasteiger partial charge in [0.05, 0.1) is 25.4 Å². The molecule has 4 rings (SSSR count). The minimum Gasteiger partial charge on any atom is -0.492 e. The molecule has 0 saturated carbocycles. The van der Waals surface area contributed by atoms with Crippen LogP contribution in [-0.2, 0) is 11.3 Å². The lowest BCUT2D eigenvalue weighted by Gasteiger charge is -2.33. The average molecular weight is 438 g/mol. The van der Waals surface area contributed by atoms with Crippen LogP contribution in [0.15, 0.2) is 48.5 Å².